The summed E-state index contributed by atoms with van der Waals surface area (Å²) in [5.74, 6) is -0.427. The lowest BCUT2D eigenvalue weighted by molar-refractivity contribution is -0.141. The summed E-state index contributed by atoms with van der Waals surface area (Å²) in [6.45, 7) is 3.99. The maximum absolute atomic E-state index is 13.0. The first-order chi connectivity index (χ1) is 11.6. The van der Waals surface area contributed by atoms with Crippen molar-refractivity contribution in [3.63, 3.8) is 0 Å². The largest absolute Gasteiger partial charge is 0.378 e. The number of morpholine rings is 1. The molecule has 1 N–H and O–H groups in total. The maximum atomic E-state index is 13.0. The highest BCUT2D eigenvalue weighted by molar-refractivity contribution is 5.88. The summed E-state index contributed by atoms with van der Waals surface area (Å²) in [6, 6.07) is 5.76. The van der Waals surface area contributed by atoms with E-state index in [0.717, 1.165) is 5.56 Å². The van der Waals surface area contributed by atoms with Crippen LogP contribution in [0.25, 0.3) is 0 Å². The van der Waals surface area contributed by atoms with Crippen molar-refractivity contribution in [3.8, 4) is 0 Å². The highest BCUT2D eigenvalue weighted by Crippen LogP contribution is 2.16. The summed E-state index contributed by atoms with van der Waals surface area (Å²) < 4.78 is 18.3. The van der Waals surface area contributed by atoms with E-state index in [-0.39, 0.29) is 24.1 Å². The quantitative estimate of drug-likeness (QED) is 0.864. The summed E-state index contributed by atoms with van der Waals surface area (Å²) in [7, 11) is 0. The molecule has 0 spiro atoms. The molecule has 7 heteroatoms. The fourth-order valence-corrected chi connectivity index (χ4v) is 3.10. The average Bonchev–Trinajstić information content (AvgIpc) is 2.60. The van der Waals surface area contributed by atoms with Gasteiger partial charge in [0.05, 0.1) is 25.7 Å². The molecule has 24 heavy (non-hydrogen) atoms. The molecule has 2 amide bonds. The number of nitrogens with zero attached hydrogens (tertiary/aromatic N) is 2. The Hall–Kier alpha value is -1.99. The lowest BCUT2D eigenvalue weighted by Gasteiger charge is -2.36. The normalized spacial score (nSPS) is 22.3. The van der Waals surface area contributed by atoms with Crippen LogP contribution in [0.4, 0.5) is 4.39 Å². The van der Waals surface area contributed by atoms with Gasteiger partial charge in [-0.15, -0.1) is 0 Å². The Bertz CT molecular complexity index is 587. The van der Waals surface area contributed by atoms with Crippen molar-refractivity contribution in [2.45, 2.75) is 19.0 Å². The first-order valence-corrected chi connectivity index (χ1v) is 8.25. The van der Waals surface area contributed by atoms with Crippen LogP contribution in [0.2, 0.25) is 0 Å². The predicted octanol–water partition coefficient (Wildman–Crippen LogP) is 0.375. The number of carbonyl (C=O) groups excluding carboxylic acids is 2. The third-order valence-corrected chi connectivity index (χ3v) is 4.47. The van der Waals surface area contributed by atoms with Gasteiger partial charge in [-0.1, -0.05) is 12.1 Å². The summed E-state index contributed by atoms with van der Waals surface area (Å²) >= 11 is 0. The van der Waals surface area contributed by atoms with Crippen molar-refractivity contribution in [3.05, 3.63) is 35.6 Å². The summed E-state index contributed by atoms with van der Waals surface area (Å²) in [4.78, 5) is 28.5. The number of hydrogen-bond donors (Lipinski definition) is 1. The first kappa shape index (κ1) is 16.9. The molecule has 1 unspecified atom stereocenters. The van der Waals surface area contributed by atoms with Gasteiger partial charge in [-0.05, 0) is 17.7 Å². The van der Waals surface area contributed by atoms with Crippen LogP contribution in [-0.4, -0.2) is 67.0 Å². The molecule has 0 saturated carbocycles. The first-order valence-electron chi connectivity index (χ1n) is 8.25. The van der Waals surface area contributed by atoms with Crippen LogP contribution in [0.5, 0.6) is 0 Å². The summed E-state index contributed by atoms with van der Waals surface area (Å²) in [6.07, 6.45) is 0.160. The van der Waals surface area contributed by atoms with E-state index in [0.29, 0.717) is 45.9 Å². The van der Waals surface area contributed by atoms with E-state index in [1.807, 2.05) is 4.90 Å². The minimum Gasteiger partial charge on any atom is -0.378 e. The topological polar surface area (TPSA) is 61.9 Å². The molecule has 130 valence electrons. The number of hydrogen-bond acceptors (Lipinski definition) is 4. The van der Waals surface area contributed by atoms with Gasteiger partial charge in [-0.25, -0.2) is 4.39 Å². The molecule has 2 heterocycles. The molecule has 6 nitrogen and oxygen atoms in total. The number of amides is 2. The number of ether oxygens (including phenoxy) is 1. The molecule has 3 rings (SSSR count). The van der Waals surface area contributed by atoms with E-state index in [4.69, 9.17) is 4.74 Å². The van der Waals surface area contributed by atoms with Gasteiger partial charge in [0.25, 0.3) is 0 Å². The minimum absolute atomic E-state index is 0.0237. The van der Waals surface area contributed by atoms with Crippen molar-refractivity contribution in [2.75, 3.05) is 39.4 Å². The fraction of sp³-hybridized carbons (Fsp3) is 0.529. The SMILES string of the molecule is O=C1NCCN(Cc2ccc(F)cc2)C1CC(=O)N1CCOCC1. The van der Waals surface area contributed by atoms with E-state index in [9.17, 15) is 14.0 Å². The maximum Gasteiger partial charge on any atom is 0.237 e. The van der Waals surface area contributed by atoms with Crippen LogP contribution >= 0.6 is 0 Å². The van der Waals surface area contributed by atoms with Crippen LogP contribution in [0, 0.1) is 5.82 Å². The zero-order valence-electron chi connectivity index (χ0n) is 13.5. The number of nitrogens with one attached hydrogen (secondary N) is 1. The monoisotopic (exact) mass is 335 g/mol. The number of halogens is 1. The molecule has 0 radical (unpaired) electrons. The third kappa shape index (κ3) is 4.10. The lowest BCUT2D eigenvalue weighted by atomic mass is 10.1. The van der Waals surface area contributed by atoms with Crippen molar-refractivity contribution in [1.29, 1.82) is 0 Å². The van der Waals surface area contributed by atoms with Gasteiger partial charge >= 0.3 is 0 Å². The Balaban J connectivity index is 1.66. The van der Waals surface area contributed by atoms with Crippen LogP contribution in [-0.2, 0) is 20.9 Å². The van der Waals surface area contributed by atoms with Crippen LogP contribution < -0.4 is 5.32 Å². The number of piperazine rings is 1. The smallest absolute Gasteiger partial charge is 0.237 e. The Kier molecular flexibility index (Phi) is 5.42. The molecule has 2 aliphatic heterocycles. The van der Waals surface area contributed by atoms with Crippen LogP contribution in [0.1, 0.15) is 12.0 Å². The van der Waals surface area contributed by atoms with Gasteiger partial charge in [0, 0.05) is 32.7 Å². The Morgan fingerprint density at radius 1 is 1.21 bits per heavy atom. The molecule has 2 saturated heterocycles. The minimum atomic E-state index is -0.487. The molecular formula is C17H22FN3O3. The number of benzene rings is 1. The fourth-order valence-electron chi connectivity index (χ4n) is 3.10. The summed E-state index contributed by atoms with van der Waals surface area (Å²) in [5, 5.41) is 2.83. The number of carbonyl (C=O) groups is 2. The van der Waals surface area contributed by atoms with Crippen LogP contribution in [0.3, 0.4) is 0 Å². The van der Waals surface area contributed by atoms with Gasteiger partial charge in [0.15, 0.2) is 0 Å². The molecule has 0 aliphatic carbocycles. The Morgan fingerprint density at radius 2 is 1.92 bits per heavy atom. The summed E-state index contributed by atoms with van der Waals surface area (Å²) in [5.41, 5.74) is 0.926. The molecule has 1 atom stereocenters. The molecule has 0 aromatic heterocycles. The highest BCUT2D eigenvalue weighted by Gasteiger charge is 2.33. The van der Waals surface area contributed by atoms with Gasteiger partial charge in [-0.2, -0.15) is 0 Å². The highest BCUT2D eigenvalue weighted by atomic mass is 19.1. The van der Waals surface area contributed by atoms with Gasteiger partial charge in [0.1, 0.15) is 5.82 Å². The van der Waals surface area contributed by atoms with Crippen molar-refractivity contribution in [2.24, 2.45) is 0 Å². The molecule has 0 bridgehead atoms. The molecule has 1 aromatic rings. The molecule has 1 aromatic carbocycles. The standard InChI is InChI=1S/C17H22FN3O3/c18-14-3-1-13(2-4-14)12-21-6-5-19-17(23)15(21)11-16(22)20-7-9-24-10-8-20/h1-4,15H,5-12H2,(H,19,23). The molecule has 2 aliphatic rings. The van der Waals surface area contributed by atoms with E-state index in [2.05, 4.69) is 5.32 Å². The predicted molar refractivity (Wildman–Crippen MR) is 85.6 cm³/mol. The van der Waals surface area contributed by atoms with Gasteiger partial charge in [-0.3, -0.25) is 14.5 Å². The van der Waals surface area contributed by atoms with Gasteiger partial charge in [0.2, 0.25) is 11.8 Å². The van der Waals surface area contributed by atoms with E-state index in [1.54, 1.807) is 17.0 Å². The van der Waals surface area contributed by atoms with Crippen molar-refractivity contribution >= 4 is 11.8 Å². The second-order valence-electron chi connectivity index (χ2n) is 6.10. The third-order valence-electron chi connectivity index (χ3n) is 4.47. The second kappa shape index (κ2) is 7.72. The van der Waals surface area contributed by atoms with Gasteiger partial charge < -0.3 is 15.0 Å². The zero-order chi connectivity index (χ0) is 16.9. The van der Waals surface area contributed by atoms with E-state index < -0.39 is 6.04 Å². The van der Waals surface area contributed by atoms with E-state index >= 15 is 0 Å². The second-order valence-corrected chi connectivity index (χ2v) is 6.10. The molecular weight excluding hydrogens is 313 g/mol. The Morgan fingerprint density at radius 3 is 2.62 bits per heavy atom. The van der Waals surface area contributed by atoms with Crippen molar-refractivity contribution in [1.82, 2.24) is 15.1 Å². The lowest BCUT2D eigenvalue weighted by Crippen LogP contribution is -2.56. The van der Waals surface area contributed by atoms with Crippen LogP contribution in [0.15, 0.2) is 24.3 Å². The van der Waals surface area contributed by atoms with E-state index in [1.165, 1.54) is 12.1 Å². The van der Waals surface area contributed by atoms with Crippen molar-refractivity contribution < 1.29 is 18.7 Å². The zero-order valence-corrected chi connectivity index (χ0v) is 13.5. The number of rotatable bonds is 4. The average molecular weight is 335 g/mol. The molecule has 2 fully saturated rings. The Labute approximate surface area is 140 Å².